The van der Waals surface area contributed by atoms with Crippen LogP contribution in [0.25, 0.3) is 0 Å². The van der Waals surface area contributed by atoms with Crippen LogP contribution in [0.3, 0.4) is 0 Å². The highest BCUT2D eigenvalue weighted by atomic mass is 79.9. The van der Waals surface area contributed by atoms with Crippen molar-refractivity contribution < 1.29 is 14.5 Å². The molecule has 1 saturated heterocycles. The first kappa shape index (κ1) is 18.9. The molecule has 1 fully saturated rings. The molecule has 1 aliphatic rings. The molecule has 1 aliphatic heterocycles. The molecular formula is C18H27BrN3O2+. The van der Waals surface area contributed by atoms with Gasteiger partial charge >= 0.3 is 0 Å². The number of quaternary nitrogens is 1. The SMILES string of the molecule is Cc1cc(Br)ccc1NC(=O)CNC(=O)C[NH+]1CCCCCCC1. The van der Waals surface area contributed by atoms with Crippen molar-refractivity contribution in [3.05, 3.63) is 28.2 Å². The molecule has 5 nitrogen and oxygen atoms in total. The van der Waals surface area contributed by atoms with Crippen molar-refractivity contribution >= 4 is 33.4 Å². The van der Waals surface area contributed by atoms with E-state index in [-0.39, 0.29) is 18.4 Å². The summed E-state index contributed by atoms with van der Waals surface area (Å²) in [5.74, 6) is -0.246. The minimum Gasteiger partial charge on any atom is -0.342 e. The summed E-state index contributed by atoms with van der Waals surface area (Å²) in [7, 11) is 0. The highest BCUT2D eigenvalue weighted by molar-refractivity contribution is 9.10. The van der Waals surface area contributed by atoms with E-state index in [1.165, 1.54) is 37.0 Å². The molecule has 0 aliphatic carbocycles. The number of carbonyl (C=O) groups is 2. The Kier molecular flexibility index (Phi) is 7.72. The molecule has 0 atom stereocenters. The first-order valence-corrected chi connectivity index (χ1v) is 9.50. The van der Waals surface area contributed by atoms with Gasteiger partial charge in [0.1, 0.15) is 0 Å². The fourth-order valence-electron chi connectivity index (χ4n) is 3.01. The molecule has 1 heterocycles. The first-order chi connectivity index (χ1) is 11.5. The maximum Gasteiger partial charge on any atom is 0.275 e. The van der Waals surface area contributed by atoms with E-state index < -0.39 is 0 Å². The Morgan fingerprint density at radius 1 is 1.08 bits per heavy atom. The van der Waals surface area contributed by atoms with Crippen LogP contribution < -0.4 is 15.5 Å². The van der Waals surface area contributed by atoms with Gasteiger partial charge in [0.15, 0.2) is 6.54 Å². The second kappa shape index (κ2) is 9.79. The van der Waals surface area contributed by atoms with E-state index in [0.29, 0.717) is 6.54 Å². The quantitative estimate of drug-likeness (QED) is 0.708. The number of carbonyl (C=O) groups excluding carboxylic acids is 2. The summed E-state index contributed by atoms with van der Waals surface area (Å²) in [5, 5.41) is 5.57. The second-order valence-electron chi connectivity index (χ2n) is 6.48. The average Bonchev–Trinajstić information content (AvgIpc) is 2.51. The van der Waals surface area contributed by atoms with Crippen molar-refractivity contribution in [1.82, 2.24) is 5.32 Å². The largest absolute Gasteiger partial charge is 0.342 e. The highest BCUT2D eigenvalue weighted by Crippen LogP contribution is 2.19. The maximum atomic E-state index is 12.1. The lowest BCUT2D eigenvalue weighted by molar-refractivity contribution is -0.893. The zero-order valence-electron chi connectivity index (χ0n) is 14.3. The number of nitrogens with one attached hydrogen (secondary N) is 3. The van der Waals surface area contributed by atoms with Crippen molar-refractivity contribution in [3.63, 3.8) is 0 Å². The molecule has 24 heavy (non-hydrogen) atoms. The smallest absolute Gasteiger partial charge is 0.275 e. The van der Waals surface area contributed by atoms with Crippen molar-refractivity contribution in [2.75, 3.05) is 31.5 Å². The van der Waals surface area contributed by atoms with Gasteiger partial charge in [0.25, 0.3) is 5.91 Å². The fraction of sp³-hybridized carbons (Fsp3) is 0.556. The third-order valence-corrected chi connectivity index (χ3v) is 4.87. The normalized spacial score (nSPS) is 16.1. The Morgan fingerprint density at radius 3 is 2.42 bits per heavy atom. The van der Waals surface area contributed by atoms with Gasteiger partial charge in [-0.15, -0.1) is 0 Å². The number of benzene rings is 1. The van der Waals surface area contributed by atoms with Crippen LogP contribution >= 0.6 is 15.9 Å². The van der Waals surface area contributed by atoms with Gasteiger partial charge in [0.2, 0.25) is 5.91 Å². The van der Waals surface area contributed by atoms with Gasteiger partial charge in [-0.25, -0.2) is 0 Å². The Hall–Kier alpha value is -1.40. The number of aryl methyl sites for hydroxylation is 1. The number of hydrogen-bond acceptors (Lipinski definition) is 2. The Morgan fingerprint density at radius 2 is 1.75 bits per heavy atom. The van der Waals surface area contributed by atoms with Gasteiger partial charge in [0, 0.05) is 10.2 Å². The molecular weight excluding hydrogens is 370 g/mol. The Labute approximate surface area is 152 Å². The lowest BCUT2D eigenvalue weighted by Gasteiger charge is -2.21. The van der Waals surface area contributed by atoms with E-state index in [2.05, 4.69) is 26.6 Å². The van der Waals surface area contributed by atoms with Crippen molar-refractivity contribution in [2.45, 2.75) is 39.0 Å². The number of halogens is 1. The first-order valence-electron chi connectivity index (χ1n) is 8.71. The molecule has 2 rings (SSSR count). The summed E-state index contributed by atoms with van der Waals surface area (Å²) in [6.45, 7) is 4.52. The van der Waals surface area contributed by atoms with Crippen LogP contribution in [-0.2, 0) is 9.59 Å². The van der Waals surface area contributed by atoms with Gasteiger partial charge in [-0.05, 0) is 56.4 Å². The lowest BCUT2D eigenvalue weighted by Crippen LogP contribution is -3.13. The monoisotopic (exact) mass is 396 g/mol. The molecule has 1 aromatic carbocycles. The molecule has 3 N–H and O–H groups in total. The minimum atomic E-state index is -0.198. The van der Waals surface area contributed by atoms with Crippen molar-refractivity contribution in [1.29, 1.82) is 0 Å². The highest BCUT2D eigenvalue weighted by Gasteiger charge is 2.16. The van der Waals surface area contributed by atoms with Crippen LogP contribution in [0.5, 0.6) is 0 Å². The van der Waals surface area contributed by atoms with Crippen LogP contribution in [0, 0.1) is 6.92 Å². The van der Waals surface area contributed by atoms with E-state index >= 15 is 0 Å². The molecule has 6 heteroatoms. The summed E-state index contributed by atoms with van der Waals surface area (Å²) in [5.41, 5.74) is 1.75. The third-order valence-electron chi connectivity index (χ3n) is 4.38. The van der Waals surface area contributed by atoms with Crippen molar-refractivity contribution in [2.24, 2.45) is 0 Å². The fourth-order valence-corrected chi connectivity index (χ4v) is 3.49. The van der Waals surface area contributed by atoms with Crippen molar-refractivity contribution in [3.8, 4) is 0 Å². The van der Waals surface area contributed by atoms with E-state index in [1.807, 2.05) is 25.1 Å². The number of amides is 2. The lowest BCUT2D eigenvalue weighted by atomic mass is 10.1. The second-order valence-corrected chi connectivity index (χ2v) is 7.39. The summed E-state index contributed by atoms with van der Waals surface area (Å²) in [6.07, 6.45) is 6.22. The van der Waals surface area contributed by atoms with Gasteiger partial charge in [-0.2, -0.15) is 0 Å². The zero-order chi connectivity index (χ0) is 17.4. The maximum absolute atomic E-state index is 12.1. The molecule has 0 saturated carbocycles. The third kappa shape index (κ3) is 6.61. The summed E-state index contributed by atoms with van der Waals surface area (Å²) >= 11 is 3.40. The number of rotatable bonds is 5. The molecule has 1 aromatic rings. The molecule has 0 aromatic heterocycles. The molecule has 132 valence electrons. The topological polar surface area (TPSA) is 62.6 Å². The van der Waals surface area contributed by atoms with Gasteiger partial charge in [-0.1, -0.05) is 22.4 Å². The molecule has 0 radical (unpaired) electrons. The van der Waals surface area contributed by atoms with E-state index in [1.54, 1.807) is 0 Å². The van der Waals surface area contributed by atoms with Crippen LogP contribution in [0.2, 0.25) is 0 Å². The van der Waals surface area contributed by atoms with Gasteiger partial charge in [0.05, 0.1) is 19.6 Å². The van der Waals surface area contributed by atoms with Crippen LogP contribution in [0.1, 0.15) is 37.7 Å². The van der Waals surface area contributed by atoms with E-state index in [0.717, 1.165) is 28.8 Å². The molecule has 0 spiro atoms. The number of likely N-dealkylation sites (tertiary alicyclic amines) is 1. The van der Waals surface area contributed by atoms with Gasteiger partial charge in [-0.3, -0.25) is 9.59 Å². The Bertz CT molecular complexity index is 569. The van der Waals surface area contributed by atoms with Crippen LogP contribution in [0.15, 0.2) is 22.7 Å². The van der Waals surface area contributed by atoms with Gasteiger partial charge < -0.3 is 15.5 Å². The van der Waals surface area contributed by atoms with E-state index in [4.69, 9.17) is 0 Å². The number of anilines is 1. The zero-order valence-corrected chi connectivity index (χ0v) is 15.9. The molecule has 0 unspecified atom stereocenters. The Balaban J connectivity index is 1.73. The minimum absolute atomic E-state index is 0.0155. The van der Waals surface area contributed by atoms with E-state index in [9.17, 15) is 9.59 Å². The molecule has 2 amide bonds. The summed E-state index contributed by atoms with van der Waals surface area (Å²) in [6, 6.07) is 5.68. The average molecular weight is 397 g/mol. The predicted octanol–water partition coefficient (Wildman–Crippen LogP) is 1.66. The van der Waals surface area contributed by atoms with Crippen LogP contribution in [0.4, 0.5) is 5.69 Å². The standard InChI is InChI=1S/C18H26BrN3O2/c1-14-11-15(19)7-8-16(14)21-17(23)12-20-18(24)13-22-9-5-3-2-4-6-10-22/h7-8,11H,2-6,9-10,12-13H2,1H3,(H,20,24)(H,21,23)/p+1. The molecule has 0 bridgehead atoms. The van der Waals surface area contributed by atoms with Crippen LogP contribution in [-0.4, -0.2) is 38.0 Å². The summed E-state index contributed by atoms with van der Waals surface area (Å²) in [4.78, 5) is 25.4. The summed E-state index contributed by atoms with van der Waals surface area (Å²) < 4.78 is 0.975. The number of hydrogen-bond donors (Lipinski definition) is 3. The predicted molar refractivity (Wildman–Crippen MR) is 99.2 cm³/mol.